The molecule has 0 radical (unpaired) electrons. The fourth-order valence-corrected chi connectivity index (χ4v) is 5.31. The van der Waals surface area contributed by atoms with Gasteiger partial charge in [0.2, 0.25) is 0 Å². The second kappa shape index (κ2) is 6.92. The summed E-state index contributed by atoms with van der Waals surface area (Å²) in [7, 11) is 0. The largest absolute Gasteiger partial charge is 0.491 e. The zero-order valence-corrected chi connectivity index (χ0v) is 14.4. The van der Waals surface area contributed by atoms with Crippen LogP contribution in [0.25, 0.3) is 0 Å². The molecule has 6 nitrogen and oxygen atoms in total. The van der Waals surface area contributed by atoms with Gasteiger partial charge in [0.05, 0.1) is 11.0 Å². The van der Waals surface area contributed by atoms with Crippen molar-refractivity contribution >= 4 is 5.69 Å². The Morgan fingerprint density at radius 2 is 1.92 bits per heavy atom. The number of hydrogen-bond acceptors (Lipinski definition) is 5. The predicted molar refractivity (Wildman–Crippen MR) is 93.5 cm³/mol. The summed E-state index contributed by atoms with van der Waals surface area (Å²) in [5.41, 5.74) is 0.00697. The highest BCUT2D eigenvalue weighted by atomic mass is 16.6. The molecule has 1 aromatic rings. The highest BCUT2D eigenvalue weighted by molar-refractivity contribution is 5.37. The quantitative estimate of drug-likeness (QED) is 0.633. The fraction of sp³-hybridized carbons (Fsp3) is 0.684. The molecule has 1 N–H and O–H groups in total. The van der Waals surface area contributed by atoms with Crippen LogP contribution in [-0.4, -0.2) is 46.8 Å². The van der Waals surface area contributed by atoms with E-state index in [1.54, 1.807) is 12.1 Å². The third-order valence-corrected chi connectivity index (χ3v) is 6.14. The standard InChI is InChI=1S/C19H26N2O4/c22-18(12-25-19-3-1-2-16(9-19)21(23)24)11-20-10-15-5-13-4-14(6-15)8-17(20)7-13/h1-3,9,13-15,17-18,22H,4-8,10-12H2/t13-,14+,15?,17?,18-/m0/s1. The summed E-state index contributed by atoms with van der Waals surface area (Å²) in [5, 5.41) is 21.2. The van der Waals surface area contributed by atoms with Crippen LogP contribution in [0.5, 0.6) is 5.75 Å². The molecule has 4 bridgehead atoms. The Kier molecular flexibility index (Phi) is 4.65. The molecule has 0 spiro atoms. The lowest BCUT2D eigenvalue weighted by atomic mass is 9.68. The lowest BCUT2D eigenvalue weighted by Crippen LogP contribution is -2.43. The molecule has 2 unspecified atom stereocenters. The molecule has 2 saturated heterocycles. The minimum Gasteiger partial charge on any atom is -0.491 e. The Balaban J connectivity index is 1.32. The summed E-state index contributed by atoms with van der Waals surface area (Å²) in [6.07, 6.45) is 6.14. The number of hydrogen-bond donors (Lipinski definition) is 1. The molecular formula is C19H26N2O4. The van der Waals surface area contributed by atoms with Gasteiger partial charge in [0.15, 0.2) is 0 Å². The number of aliphatic hydroxyl groups is 1. The first kappa shape index (κ1) is 16.8. The summed E-state index contributed by atoms with van der Waals surface area (Å²) in [4.78, 5) is 12.9. The minimum absolute atomic E-state index is 0.00697. The molecule has 2 heterocycles. The lowest BCUT2D eigenvalue weighted by Gasteiger charge is -2.39. The van der Waals surface area contributed by atoms with E-state index in [-0.39, 0.29) is 12.3 Å². The summed E-state index contributed by atoms with van der Waals surface area (Å²) in [6.45, 7) is 1.91. The van der Waals surface area contributed by atoms with Gasteiger partial charge in [-0.3, -0.25) is 15.0 Å². The highest BCUT2D eigenvalue weighted by Gasteiger charge is 2.42. The Hall–Kier alpha value is -1.66. The molecule has 0 amide bonds. The first-order valence-electron chi connectivity index (χ1n) is 9.36. The lowest BCUT2D eigenvalue weighted by molar-refractivity contribution is -0.384. The number of non-ortho nitro benzene ring substituents is 1. The van der Waals surface area contributed by atoms with Crippen molar-refractivity contribution in [3.05, 3.63) is 34.4 Å². The molecule has 4 fully saturated rings. The molecule has 2 saturated carbocycles. The van der Waals surface area contributed by atoms with Gasteiger partial charge in [0, 0.05) is 25.2 Å². The van der Waals surface area contributed by atoms with Crippen molar-refractivity contribution in [3.8, 4) is 5.75 Å². The number of nitro benzene ring substituents is 1. The number of fused-ring (bicyclic) bond motifs is 1. The molecule has 0 aromatic heterocycles. The van der Waals surface area contributed by atoms with E-state index in [1.165, 1.54) is 44.2 Å². The first-order chi connectivity index (χ1) is 12.1. The van der Waals surface area contributed by atoms with Crippen LogP contribution in [0.2, 0.25) is 0 Å². The van der Waals surface area contributed by atoms with Crippen LogP contribution < -0.4 is 4.74 Å². The summed E-state index contributed by atoms with van der Waals surface area (Å²) in [6, 6.07) is 6.74. The van der Waals surface area contributed by atoms with Gasteiger partial charge in [-0.1, -0.05) is 6.07 Å². The number of ether oxygens (including phenoxy) is 1. The summed E-state index contributed by atoms with van der Waals surface area (Å²) >= 11 is 0. The van der Waals surface area contributed by atoms with E-state index >= 15 is 0 Å². The van der Waals surface area contributed by atoms with E-state index in [0.29, 0.717) is 18.3 Å². The number of rotatable bonds is 6. The van der Waals surface area contributed by atoms with Crippen molar-refractivity contribution in [1.29, 1.82) is 0 Å². The molecule has 5 atom stereocenters. The van der Waals surface area contributed by atoms with Gasteiger partial charge >= 0.3 is 0 Å². The average Bonchev–Trinajstić information content (AvgIpc) is 2.76. The monoisotopic (exact) mass is 346 g/mol. The zero-order valence-electron chi connectivity index (χ0n) is 14.4. The minimum atomic E-state index is -0.574. The predicted octanol–water partition coefficient (Wildman–Crippen LogP) is 2.85. The van der Waals surface area contributed by atoms with Crippen molar-refractivity contribution in [1.82, 2.24) is 4.90 Å². The third kappa shape index (κ3) is 3.80. The molecule has 5 rings (SSSR count). The summed E-state index contributed by atoms with van der Waals surface area (Å²) < 4.78 is 5.59. The molecule has 25 heavy (non-hydrogen) atoms. The van der Waals surface area contributed by atoms with Gasteiger partial charge in [-0.25, -0.2) is 0 Å². The van der Waals surface area contributed by atoms with Crippen molar-refractivity contribution < 1.29 is 14.8 Å². The first-order valence-corrected chi connectivity index (χ1v) is 9.36. The SMILES string of the molecule is O=[N+]([O-])c1cccc(OC[C@@H](O)CN2CC3C[C@@H]4CC2C[C@H](C3)C4)c1. The van der Waals surface area contributed by atoms with Gasteiger partial charge < -0.3 is 9.84 Å². The molecule has 136 valence electrons. The van der Waals surface area contributed by atoms with Crippen molar-refractivity contribution in [2.75, 3.05) is 19.7 Å². The molecule has 4 aliphatic rings. The maximum Gasteiger partial charge on any atom is 0.273 e. The van der Waals surface area contributed by atoms with Gasteiger partial charge in [0.25, 0.3) is 5.69 Å². The van der Waals surface area contributed by atoms with Crippen LogP contribution in [0.1, 0.15) is 32.1 Å². The van der Waals surface area contributed by atoms with Crippen LogP contribution in [-0.2, 0) is 0 Å². The number of nitrogens with zero attached hydrogens (tertiary/aromatic N) is 2. The third-order valence-electron chi connectivity index (χ3n) is 6.14. The second-order valence-corrected chi connectivity index (χ2v) is 8.10. The van der Waals surface area contributed by atoms with Crippen LogP contribution in [0.4, 0.5) is 5.69 Å². The maximum atomic E-state index is 10.8. The average molecular weight is 346 g/mol. The van der Waals surface area contributed by atoms with Crippen molar-refractivity contribution in [3.63, 3.8) is 0 Å². The second-order valence-electron chi connectivity index (χ2n) is 8.10. The van der Waals surface area contributed by atoms with Gasteiger partial charge in [-0.05, 0) is 55.9 Å². The van der Waals surface area contributed by atoms with E-state index in [0.717, 1.165) is 24.3 Å². The Bertz CT molecular complexity index is 624. The summed E-state index contributed by atoms with van der Waals surface area (Å²) in [5.74, 6) is 3.02. The molecule has 2 aliphatic heterocycles. The van der Waals surface area contributed by atoms with Crippen molar-refractivity contribution in [2.45, 2.75) is 44.2 Å². The van der Waals surface area contributed by atoms with Gasteiger partial charge in [-0.2, -0.15) is 0 Å². The highest BCUT2D eigenvalue weighted by Crippen LogP contribution is 2.47. The Labute approximate surface area is 147 Å². The Morgan fingerprint density at radius 1 is 1.20 bits per heavy atom. The van der Waals surface area contributed by atoms with Crippen LogP contribution in [0.3, 0.4) is 0 Å². The van der Waals surface area contributed by atoms with Crippen LogP contribution in [0.15, 0.2) is 24.3 Å². The van der Waals surface area contributed by atoms with E-state index < -0.39 is 11.0 Å². The zero-order chi connectivity index (χ0) is 17.4. The van der Waals surface area contributed by atoms with Gasteiger partial charge in [-0.15, -0.1) is 0 Å². The van der Waals surface area contributed by atoms with Crippen molar-refractivity contribution in [2.24, 2.45) is 17.8 Å². The molecule has 1 aromatic carbocycles. The van der Waals surface area contributed by atoms with E-state index in [2.05, 4.69) is 4.90 Å². The number of aliphatic hydroxyl groups excluding tert-OH is 1. The van der Waals surface area contributed by atoms with E-state index in [4.69, 9.17) is 4.74 Å². The van der Waals surface area contributed by atoms with Gasteiger partial charge in [0.1, 0.15) is 18.5 Å². The Morgan fingerprint density at radius 3 is 2.64 bits per heavy atom. The molecule has 6 heteroatoms. The van der Waals surface area contributed by atoms with Crippen LogP contribution in [0, 0.1) is 27.9 Å². The fourth-order valence-electron chi connectivity index (χ4n) is 5.31. The maximum absolute atomic E-state index is 10.8. The van der Waals surface area contributed by atoms with E-state index in [1.807, 2.05) is 0 Å². The smallest absolute Gasteiger partial charge is 0.273 e. The van der Waals surface area contributed by atoms with E-state index in [9.17, 15) is 15.2 Å². The number of nitro groups is 1. The molecule has 2 aliphatic carbocycles. The number of benzene rings is 1. The van der Waals surface area contributed by atoms with Crippen LogP contribution >= 0.6 is 0 Å². The topological polar surface area (TPSA) is 75.8 Å². The normalized spacial score (nSPS) is 32.4. The molecular weight excluding hydrogens is 320 g/mol.